The fourth-order valence-electron chi connectivity index (χ4n) is 4.40. The molecule has 0 bridgehead atoms. The topological polar surface area (TPSA) is 64.4 Å². The van der Waals surface area contributed by atoms with Crippen LogP contribution in [0.1, 0.15) is 48.8 Å². The summed E-state index contributed by atoms with van der Waals surface area (Å²) in [6, 6.07) is 10.1. The summed E-state index contributed by atoms with van der Waals surface area (Å²) >= 11 is 0. The average Bonchev–Trinajstić information content (AvgIpc) is 3.21. The number of methoxy groups -OCH3 is 1. The fraction of sp³-hybridized carbons (Fsp3) is 0.500. The molecule has 3 heterocycles. The molecule has 0 unspecified atom stereocenters. The van der Waals surface area contributed by atoms with Crippen LogP contribution in [0.4, 0.5) is 0 Å². The maximum Gasteiger partial charge on any atom is 0.313 e. The van der Waals surface area contributed by atoms with Gasteiger partial charge in [-0.25, -0.2) is 4.98 Å². The predicted octanol–water partition coefficient (Wildman–Crippen LogP) is 3.30. The van der Waals surface area contributed by atoms with Crippen LogP contribution in [0.5, 0.6) is 0 Å². The first-order valence-corrected chi connectivity index (χ1v) is 10.1. The van der Waals surface area contributed by atoms with Crippen molar-refractivity contribution < 1.29 is 14.3 Å². The molecule has 0 radical (unpaired) electrons. The van der Waals surface area contributed by atoms with Crippen molar-refractivity contribution in [3.05, 3.63) is 41.7 Å². The van der Waals surface area contributed by atoms with Crippen LogP contribution in [-0.2, 0) is 22.5 Å². The smallest absolute Gasteiger partial charge is 0.313 e. The molecule has 6 nitrogen and oxygen atoms in total. The van der Waals surface area contributed by atoms with E-state index in [9.17, 15) is 9.59 Å². The number of rotatable bonds is 3. The Morgan fingerprint density at radius 1 is 1.11 bits per heavy atom. The number of carbonyl (C=O) groups excluding carboxylic acids is 2. The van der Waals surface area contributed by atoms with Crippen molar-refractivity contribution in [1.29, 1.82) is 0 Å². The summed E-state index contributed by atoms with van der Waals surface area (Å²) in [6.07, 6.45) is 4.81. The SMILES string of the molecule is COC(=O)[C@@]1(C)CCN(C(=O)c2nc(-c3ccccc3)n3c2CCCCC3)C1. The van der Waals surface area contributed by atoms with Crippen molar-refractivity contribution in [2.45, 2.75) is 45.6 Å². The number of likely N-dealkylation sites (tertiary alicyclic amines) is 1. The number of imidazole rings is 1. The van der Waals surface area contributed by atoms with Gasteiger partial charge in [0.1, 0.15) is 11.5 Å². The van der Waals surface area contributed by atoms with Gasteiger partial charge >= 0.3 is 5.97 Å². The number of amides is 1. The molecule has 4 rings (SSSR count). The van der Waals surface area contributed by atoms with Gasteiger partial charge in [-0.1, -0.05) is 36.8 Å². The van der Waals surface area contributed by atoms with Gasteiger partial charge in [-0.15, -0.1) is 0 Å². The molecule has 1 saturated heterocycles. The Labute approximate surface area is 165 Å². The van der Waals surface area contributed by atoms with E-state index in [4.69, 9.17) is 9.72 Å². The monoisotopic (exact) mass is 381 g/mol. The third-order valence-corrected chi connectivity index (χ3v) is 6.04. The highest BCUT2D eigenvalue weighted by atomic mass is 16.5. The second kappa shape index (κ2) is 7.41. The van der Waals surface area contributed by atoms with Crippen LogP contribution in [0.15, 0.2) is 30.3 Å². The summed E-state index contributed by atoms with van der Waals surface area (Å²) in [4.78, 5) is 32.1. The summed E-state index contributed by atoms with van der Waals surface area (Å²) < 4.78 is 7.17. The number of ether oxygens (including phenoxy) is 1. The zero-order chi connectivity index (χ0) is 19.7. The number of fused-ring (bicyclic) bond motifs is 1. The molecule has 1 amide bonds. The van der Waals surface area contributed by atoms with Gasteiger partial charge < -0.3 is 14.2 Å². The van der Waals surface area contributed by atoms with Gasteiger partial charge in [-0.2, -0.15) is 0 Å². The van der Waals surface area contributed by atoms with Gasteiger partial charge in [0.15, 0.2) is 0 Å². The van der Waals surface area contributed by atoms with E-state index in [1.165, 1.54) is 7.11 Å². The number of aromatic nitrogens is 2. The van der Waals surface area contributed by atoms with Crippen LogP contribution in [0.3, 0.4) is 0 Å². The predicted molar refractivity (Wildman–Crippen MR) is 106 cm³/mol. The second-order valence-electron chi connectivity index (χ2n) is 8.09. The number of nitrogens with zero attached hydrogens (tertiary/aromatic N) is 3. The number of benzene rings is 1. The standard InChI is InChI=1S/C22H27N3O3/c1-22(21(27)28-2)12-14-24(15-22)20(26)18-17-11-7-4-8-13-25(17)19(23-18)16-9-5-3-6-10-16/h3,5-6,9-10H,4,7-8,11-15H2,1-2H3/t22-/m0/s1. The van der Waals surface area contributed by atoms with Gasteiger partial charge in [0.2, 0.25) is 0 Å². The Morgan fingerprint density at radius 3 is 2.64 bits per heavy atom. The molecule has 6 heteroatoms. The van der Waals surface area contributed by atoms with Crippen LogP contribution >= 0.6 is 0 Å². The van der Waals surface area contributed by atoms with Crippen molar-refractivity contribution in [2.24, 2.45) is 5.41 Å². The van der Waals surface area contributed by atoms with Crippen LogP contribution in [0, 0.1) is 5.41 Å². The van der Waals surface area contributed by atoms with Crippen molar-refractivity contribution in [1.82, 2.24) is 14.5 Å². The lowest BCUT2D eigenvalue weighted by atomic mass is 9.90. The fourth-order valence-corrected chi connectivity index (χ4v) is 4.40. The molecule has 0 aliphatic carbocycles. The molecule has 2 aromatic rings. The van der Waals surface area contributed by atoms with Crippen molar-refractivity contribution in [2.75, 3.05) is 20.2 Å². The normalized spacial score (nSPS) is 21.9. The average molecular weight is 381 g/mol. The molecule has 0 N–H and O–H groups in total. The number of carbonyl (C=O) groups is 2. The highest BCUT2D eigenvalue weighted by Crippen LogP contribution is 2.34. The molecule has 0 saturated carbocycles. The minimum absolute atomic E-state index is 0.0690. The zero-order valence-electron chi connectivity index (χ0n) is 16.6. The lowest BCUT2D eigenvalue weighted by Gasteiger charge is -2.21. The molecule has 1 fully saturated rings. The van der Waals surface area contributed by atoms with E-state index in [1.54, 1.807) is 4.90 Å². The molecule has 1 atom stereocenters. The maximum absolute atomic E-state index is 13.4. The largest absolute Gasteiger partial charge is 0.469 e. The van der Waals surface area contributed by atoms with Crippen LogP contribution in [0.2, 0.25) is 0 Å². The van der Waals surface area contributed by atoms with Gasteiger partial charge in [-0.3, -0.25) is 9.59 Å². The summed E-state index contributed by atoms with van der Waals surface area (Å²) in [5.41, 5.74) is 1.98. The van der Waals surface area contributed by atoms with E-state index in [0.29, 0.717) is 25.2 Å². The zero-order valence-corrected chi connectivity index (χ0v) is 16.6. The van der Waals surface area contributed by atoms with Gasteiger partial charge in [0.25, 0.3) is 5.91 Å². The molecule has 148 valence electrons. The van der Waals surface area contributed by atoms with Crippen LogP contribution in [-0.4, -0.2) is 46.5 Å². The van der Waals surface area contributed by atoms with Crippen molar-refractivity contribution in [3.8, 4) is 11.4 Å². The summed E-state index contributed by atoms with van der Waals surface area (Å²) in [6.45, 7) is 3.69. The minimum atomic E-state index is -0.636. The number of esters is 1. The van der Waals surface area contributed by atoms with Gasteiger partial charge in [0.05, 0.1) is 18.2 Å². The van der Waals surface area contributed by atoms with Crippen LogP contribution < -0.4 is 0 Å². The first kappa shape index (κ1) is 18.7. The van der Waals surface area contributed by atoms with E-state index in [-0.39, 0.29) is 11.9 Å². The minimum Gasteiger partial charge on any atom is -0.469 e. The van der Waals surface area contributed by atoms with E-state index in [0.717, 1.165) is 49.3 Å². The third kappa shape index (κ3) is 3.21. The highest BCUT2D eigenvalue weighted by Gasteiger charge is 2.44. The molecule has 1 aromatic carbocycles. The molecule has 2 aliphatic rings. The third-order valence-electron chi connectivity index (χ3n) is 6.04. The molecule has 1 aromatic heterocycles. The molecular weight excluding hydrogens is 354 g/mol. The number of hydrogen-bond donors (Lipinski definition) is 0. The Hall–Kier alpha value is -2.63. The van der Waals surface area contributed by atoms with E-state index in [2.05, 4.69) is 4.57 Å². The van der Waals surface area contributed by atoms with Crippen LogP contribution in [0.25, 0.3) is 11.4 Å². The number of hydrogen-bond acceptors (Lipinski definition) is 4. The maximum atomic E-state index is 13.4. The quantitative estimate of drug-likeness (QED) is 0.765. The summed E-state index contributed by atoms with van der Waals surface area (Å²) in [5.74, 6) is 0.549. The highest BCUT2D eigenvalue weighted by molar-refractivity contribution is 5.95. The first-order chi connectivity index (χ1) is 13.5. The molecule has 0 spiro atoms. The van der Waals surface area contributed by atoms with Gasteiger partial charge in [-0.05, 0) is 32.6 Å². The summed E-state index contributed by atoms with van der Waals surface area (Å²) in [7, 11) is 1.40. The second-order valence-corrected chi connectivity index (χ2v) is 8.09. The summed E-state index contributed by atoms with van der Waals surface area (Å²) in [5, 5.41) is 0. The van der Waals surface area contributed by atoms with E-state index < -0.39 is 5.41 Å². The lowest BCUT2D eigenvalue weighted by molar-refractivity contribution is -0.150. The molecule has 2 aliphatic heterocycles. The Balaban J connectivity index is 1.69. The Bertz CT molecular complexity index is 890. The lowest BCUT2D eigenvalue weighted by Crippen LogP contribution is -2.36. The van der Waals surface area contributed by atoms with E-state index >= 15 is 0 Å². The van der Waals surface area contributed by atoms with Crippen molar-refractivity contribution >= 4 is 11.9 Å². The van der Waals surface area contributed by atoms with Crippen molar-refractivity contribution in [3.63, 3.8) is 0 Å². The van der Waals surface area contributed by atoms with E-state index in [1.807, 2.05) is 37.3 Å². The first-order valence-electron chi connectivity index (χ1n) is 10.1. The Kier molecular flexibility index (Phi) is 4.96. The molecule has 28 heavy (non-hydrogen) atoms. The van der Waals surface area contributed by atoms with Gasteiger partial charge in [0, 0.05) is 25.2 Å². The Morgan fingerprint density at radius 2 is 1.89 bits per heavy atom. The molecular formula is C22H27N3O3.